The SMILES string of the molecule is CC(C)=CCC/C(C)=C/CC/C(C)=C/CSCC(NC(=O)N(C)C)C(=O)O. The summed E-state index contributed by atoms with van der Waals surface area (Å²) in [6.07, 6.45) is 11.0. The van der Waals surface area contributed by atoms with Gasteiger partial charge in [0.15, 0.2) is 0 Å². The lowest BCUT2D eigenvalue weighted by Gasteiger charge is -2.17. The van der Waals surface area contributed by atoms with Crippen molar-refractivity contribution in [3.63, 3.8) is 0 Å². The third-order valence-corrected chi connectivity index (χ3v) is 4.93. The number of hydrogen-bond donors (Lipinski definition) is 2. The molecule has 154 valence electrons. The topological polar surface area (TPSA) is 69.6 Å². The Kier molecular flexibility index (Phi) is 13.5. The second-order valence-electron chi connectivity index (χ2n) is 7.23. The summed E-state index contributed by atoms with van der Waals surface area (Å²) in [5, 5.41) is 11.7. The molecule has 0 saturated heterocycles. The van der Waals surface area contributed by atoms with Gasteiger partial charge in [0.05, 0.1) is 0 Å². The van der Waals surface area contributed by atoms with Gasteiger partial charge in [0.25, 0.3) is 0 Å². The van der Waals surface area contributed by atoms with E-state index in [1.54, 1.807) is 14.1 Å². The molecule has 0 aliphatic carbocycles. The normalized spacial score (nSPS) is 13.1. The number of hydrogen-bond acceptors (Lipinski definition) is 3. The molecule has 0 aromatic carbocycles. The Hall–Kier alpha value is -1.69. The Morgan fingerprint density at radius 3 is 2.07 bits per heavy atom. The number of nitrogens with one attached hydrogen (secondary N) is 1. The molecule has 1 unspecified atom stereocenters. The number of carboxylic acid groups (broad SMARTS) is 1. The van der Waals surface area contributed by atoms with E-state index in [4.69, 9.17) is 0 Å². The Balaban J connectivity index is 4.18. The van der Waals surface area contributed by atoms with E-state index in [-0.39, 0.29) is 6.03 Å². The zero-order valence-corrected chi connectivity index (χ0v) is 18.5. The van der Waals surface area contributed by atoms with Gasteiger partial charge in [-0.1, -0.05) is 34.9 Å². The predicted molar refractivity (Wildman–Crippen MR) is 116 cm³/mol. The molecule has 0 rings (SSSR count). The molecule has 2 amide bonds. The van der Waals surface area contributed by atoms with Crippen LogP contribution in [0.4, 0.5) is 4.79 Å². The standard InChI is InChI=1S/C21H36N2O3S/c1-16(2)9-7-10-17(3)11-8-12-18(4)13-14-27-15-19(20(24)25)22-21(26)23(5)6/h9,11,13,19H,7-8,10,12,14-15H2,1-6H3,(H,22,26)(H,24,25)/b17-11+,18-13+. The number of rotatable bonds is 12. The van der Waals surface area contributed by atoms with E-state index in [2.05, 4.69) is 51.2 Å². The number of carboxylic acids is 1. The monoisotopic (exact) mass is 396 g/mol. The minimum Gasteiger partial charge on any atom is -0.480 e. The Morgan fingerprint density at radius 2 is 1.56 bits per heavy atom. The van der Waals surface area contributed by atoms with Crippen molar-refractivity contribution in [2.24, 2.45) is 0 Å². The fourth-order valence-corrected chi connectivity index (χ4v) is 3.18. The van der Waals surface area contributed by atoms with Crippen molar-refractivity contribution in [1.82, 2.24) is 10.2 Å². The molecule has 0 aliphatic heterocycles. The van der Waals surface area contributed by atoms with Crippen molar-refractivity contribution in [3.8, 4) is 0 Å². The fraction of sp³-hybridized carbons (Fsp3) is 0.619. The number of thioether (sulfide) groups is 1. The van der Waals surface area contributed by atoms with Crippen LogP contribution in [-0.4, -0.2) is 53.6 Å². The fourth-order valence-electron chi connectivity index (χ4n) is 2.18. The summed E-state index contributed by atoms with van der Waals surface area (Å²) in [6.45, 7) is 8.54. The number of nitrogens with zero attached hydrogens (tertiary/aromatic N) is 1. The largest absolute Gasteiger partial charge is 0.480 e. The highest BCUT2D eigenvalue weighted by Crippen LogP contribution is 2.13. The second kappa shape index (κ2) is 14.4. The molecular formula is C21H36N2O3S. The number of aliphatic carboxylic acids is 1. The third kappa shape index (κ3) is 14.1. The summed E-state index contributed by atoms with van der Waals surface area (Å²) in [5.74, 6) is 0.0887. The van der Waals surface area contributed by atoms with E-state index in [1.807, 2.05) is 0 Å². The van der Waals surface area contributed by atoms with E-state index < -0.39 is 12.0 Å². The highest BCUT2D eigenvalue weighted by atomic mass is 32.2. The van der Waals surface area contributed by atoms with E-state index >= 15 is 0 Å². The quantitative estimate of drug-likeness (QED) is 0.365. The van der Waals surface area contributed by atoms with Crippen molar-refractivity contribution < 1.29 is 14.7 Å². The first-order chi connectivity index (χ1) is 12.6. The lowest BCUT2D eigenvalue weighted by Crippen LogP contribution is -2.46. The molecule has 6 heteroatoms. The van der Waals surface area contributed by atoms with Gasteiger partial charge in [-0.05, 0) is 53.4 Å². The minimum atomic E-state index is -1.01. The van der Waals surface area contributed by atoms with Gasteiger partial charge in [0.2, 0.25) is 0 Å². The van der Waals surface area contributed by atoms with Crippen LogP contribution in [0.2, 0.25) is 0 Å². The Bertz CT molecular complexity index is 562. The second-order valence-corrected chi connectivity index (χ2v) is 8.31. The van der Waals surface area contributed by atoms with Gasteiger partial charge in [-0.3, -0.25) is 0 Å². The summed E-state index contributed by atoms with van der Waals surface area (Å²) >= 11 is 1.51. The van der Waals surface area contributed by atoms with E-state index in [1.165, 1.54) is 33.4 Å². The van der Waals surface area contributed by atoms with Crippen LogP contribution < -0.4 is 5.32 Å². The van der Waals surface area contributed by atoms with Crippen molar-refractivity contribution in [2.75, 3.05) is 25.6 Å². The Labute approximate surface area is 169 Å². The van der Waals surface area contributed by atoms with Crippen molar-refractivity contribution in [3.05, 3.63) is 34.9 Å². The van der Waals surface area contributed by atoms with Gasteiger partial charge < -0.3 is 15.3 Å². The van der Waals surface area contributed by atoms with Gasteiger partial charge in [-0.25, -0.2) is 9.59 Å². The molecule has 0 aromatic heterocycles. The van der Waals surface area contributed by atoms with Gasteiger partial charge in [-0.2, -0.15) is 11.8 Å². The van der Waals surface area contributed by atoms with Crippen LogP contribution in [0.15, 0.2) is 34.9 Å². The molecule has 0 saturated carbocycles. The van der Waals surface area contributed by atoms with Gasteiger partial charge in [0, 0.05) is 25.6 Å². The van der Waals surface area contributed by atoms with Crippen molar-refractivity contribution in [1.29, 1.82) is 0 Å². The highest BCUT2D eigenvalue weighted by molar-refractivity contribution is 7.99. The van der Waals surface area contributed by atoms with Gasteiger partial charge >= 0.3 is 12.0 Å². The van der Waals surface area contributed by atoms with E-state index in [0.717, 1.165) is 31.4 Å². The van der Waals surface area contributed by atoms with Crippen LogP contribution in [0.3, 0.4) is 0 Å². The number of urea groups is 1. The average Bonchev–Trinajstić information content (AvgIpc) is 2.56. The molecule has 0 aliphatic rings. The molecule has 1 atom stereocenters. The summed E-state index contributed by atoms with van der Waals surface area (Å²) in [4.78, 5) is 24.2. The maximum absolute atomic E-state index is 11.6. The summed E-state index contributed by atoms with van der Waals surface area (Å²) < 4.78 is 0. The first-order valence-corrected chi connectivity index (χ1v) is 10.5. The zero-order valence-electron chi connectivity index (χ0n) is 17.7. The molecule has 2 N–H and O–H groups in total. The third-order valence-electron chi connectivity index (χ3n) is 3.96. The van der Waals surface area contributed by atoms with Crippen LogP contribution in [0.5, 0.6) is 0 Å². The molecular weight excluding hydrogens is 360 g/mol. The number of allylic oxidation sites excluding steroid dienone is 5. The summed E-state index contributed by atoms with van der Waals surface area (Å²) in [6, 6.07) is -1.26. The zero-order chi connectivity index (χ0) is 20.8. The van der Waals surface area contributed by atoms with Crippen molar-refractivity contribution in [2.45, 2.75) is 59.4 Å². The average molecular weight is 397 g/mol. The maximum Gasteiger partial charge on any atom is 0.327 e. The lowest BCUT2D eigenvalue weighted by molar-refractivity contribution is -0.138. The van der Waals surface area contributed by atoms with E-state index in [0.29, 0.717) is 5.75 Å². The highest BCUT2D eigenvalue weighted by Gasteiger charge is 2.20. The maximum atomic E-state index is 11.6. The molecule has 0 fully saturated rings. The molecule has 0 radical (unpaired) electrons. The minimum absolute atomic E-state index is 0.349. The van der Waals surface area contributed by atoms with Crippen LogP contribution in [-0.2, 0) is 4.79 Å². The molecule has 0 spiro atoms. The van der Waals surface area contributed by atoms with Crippen LogP contribution in [0, 0.1) is 0 Å². The number of carbonyl (C=O) groups is 2. The van der Waals surface area contributed by atoms with Crippen LogP contribution in [0.1, 0.15) is 53.4 Å². The lowest BCUT2D eigenvalue weighted by atomic mass is 10.1. The summed E-state index contributed by atoms with van der Waals surface area (Å²) in [5.41, 5.74) is 4.10. The molecule has 27 heavy (non-hydrogen) atoms. The Morgan fingerprint density at radius 1 is 1.00 bits per heavy atom. The molecule has 5 nitrogen and oxygen atoms in total. The first-order valence-electron chi connectivity index (χ1n) is 9.36. The van der Waals surface area contributed by atoms with E-state index in [9.17, 15) is 14.7 Å². The van der Waals surface area contributed by atoms with Gasteiger partial charge in [-0.15, -0.1) is 0 Å². The summed E-state index contributed by atoms with van der Waals surface area (Å²) in [7, 11) is 3.18. The van der Waals surface area contributed by atoms with Crippen LogP contribution in [0.25, 0.3) is 0 Å². The smallest absolute Gasteiger partial charge is 0.327 e. The first kappa shape index (κ1) is 25.3. The predicted octanol–water partition coefficient (Wildman–Crippen LogP) is 4.86. The van der Waals surface area contributed by atoms with Gasteiger partial charge in [0.1, 0.15) is 6.04 Å². The molecule has 0 heterocycles. The molecule has 0 bridgehead atoms. The number of carbonyl (C=O) groups excluding carboxylic acids is 1. The van der Waals surface area contributed by atoms with Crippen LogP contribution >= 0.6 is 11.8 Å². The van der Waals surface area contributed by atoms with Crippen molar-refractivity contribution >= 4 is 23.8 Å². The number of amides is 2. The molecule has 0 aromatic rings.